The molecule has 4 atom stereocenters. The SMILES string of the molecule is CO[C@@H]1C(O)O[C@@H](CO)[C@H]1O. The highest BCUT2D eigenvalue weighted by Crippen LogP contribution is 2.21. The molecule has 0 spiro atoms. The largest absolute Gasteiger partial charge is 0.394 e. The molecule has 66 valence electrons. The Labute approximate surface area is 64.2 Å². The summed E-state index contributed by atoms with van der Waals surface area (Å²) in [6.07, 6.45) is -3.60. The van der Waals surface area contributed by atoms with Gasteiger partial charge >= 0.3 is 0 Å². The van der Waals surface area contributed by atoms with E-state index in [-0.39, 0.29) is 6.61 Å². The van der Waals surface area contributed by atoms with Crippen LogP contribution < -0.4 is 0 Å². The summed E-state index contributed by atoms with van der Waals surface area (Å²) in [5, 5.41) is 26.9. The van der Waals surface area contributed by atoms with E-state index >= 15 is 0 Å². The van der Waals surface area contributed by atoms with Crippen molar-refractivity contribution in [2.45, 2.75) is 24.6 Å². The summed E-state index contributed by atoms with van der Waals surface area (Å²) in [6, 6.07) is 0. The standard InChI is InChI=1S/C6H12O5/c1-10-5-4(8)3(2-7)11-6(5)9/h3-9H,2H2,1H3/t3-,4+,5-,6?/m0/s1. The lowest BCUT2D eigenvalue weighted by atomic mass is 10.1. The zero-order valence-electron chi connectivity index (χ0n) is 6.17. The second kappa shape index (κ2) is 3.46. The minimum absolute atomic E-state index is 0.321. The van der Waals surface area contributed by atoms with Gasteiger partial charge in [-0.1, -0.05) is 0 Å². The average molecular weight is 164 g/mol. The number of aliphatic hydroxyl groups excluding tert-OH is 3. The van der Waals surface area contributed by atoms with Gasteiger partial charge in [0.15, 0.2) is 6.29 Å². The number of ether oxygens (including phenoxy) is 2. The van der Waals surface area contributed by atoms with Crippen LogP contribution in [0.5, 0.6) is 0 Å². The maximum absolute atomic E-state index is 9.25. The Morgan fingerprint density at radius 2 is 2.09 bits per heavy atom. The van der Waals surface area contributed by atoms with E-state index in [2.05, 4.69) is 0 Å². The topological polar surface area (TPSA) is 79.2 Å². The molecule has 3 N–H and O–H groups in total. The van der Waals surface area contributed by atoms with Crippen LogP contribution in [0.2, 0.25) is 0 Å². The maximum Gasteiger partial charge on any atom is 0.184 e. The van der Waals surface area contributed by atoms with Gasteiger partial charge in [0.25, 0.3) is 0 Å². The molecule has 1 aliphatic rings. The van der Waals surface area contributed by atoms with E-state index in [9.17, 15) is 5.11 Å². The summed E-state index contributed by atoms with van der Waals surface area (Å²) in [6.45, 7) is -0.321. The Morgan fingerprint density at radius 1 is 1.45 bits per heavy atom. The summed E-state index contributed by atoms with van der Waals surface area (Å²) >= 11 is 0. The predicted molar refractivity (Wildman–Crippen MR) is 34.8 cm³/mol. The molecule has 0 aromatic heterocycles. The van der Waals surface area contributed by atoms with Crippen molar-refractivity contribution < 1.29 is 24.8 Å². The lowest BCUT2D eigenvalue weighted by molar-refractivity contribution is -0.139. The molecule has 1 fully saturated rings. The molecular weight excluding hydrogens is 152 g/mol. The molecule has 0 aromatic carbocycles. The molecule has 1 unspecified atom stereocenters. The van der Waals surface area contributed by atoms with Gasteiger partial charge < -0.3 is 24.8 Å². The van der Waals surface area contributed by atoms with Gasteiger partial charge in [-0.05, 0) is 0 Å². The highest BCUT2D eigenvalue weighted by atomic mass is 16.7. The molecule has 0 aliphatic carbocycles. The van der Waals surface area contributed by atoms with Crippen LogP contribution in [0.3, 0.4) is 0 Å². The third kappa shape index (κ3) is 1.52. The van der Waals surface area contributed by atoms with Gasteiger partial charge in [0.1, 0.15) is 18.3 Å². The van der Waals surface area contributed by atoms with Gasteiger partial charge in [-0.2, -0.15) is 0 Å². The van der Waals surface area contributed by atoms with Crippen molar-refractivity contribution >= 4 is 0 Å². The third-order valence-corrected chi connectivity index (χ3v) is 1.76. The summed E-state index contributed by atoms with van der Waals surface area (Å²) in [5.74, 6) is 0. The van der Waals surface area contributed by atoms with E-state index in [1.54, 1.807) is 0 Å². The molecule has 0 bridgehead atoms. The van der Waals surface area contributed by atoms with E-state index < -0.39 is 24.6 Å². The Kier molecular flexibility index (Phi) is 2.80. The first-order valence-corrected chi connectivity index (χ1v) is 3.36. The Bertz CT molecular complexity index is 128. The molecule has 0 amide bonds. The van der Waals surface area contributed by atoms with Crippen LogP contribution in [0.4, 0.5) is 0 Å². The quantitative estimate of drug-likeness (QED) is 0.443. The van der Waals surface area contributed by atoms with Crippen LogP contribution >= 0.6 is 0 Å². The summed E-state index contributed by atoms with van der Waals surface area (Å²) in [5.41, 5.74) is 0. The van der Waals surface area contributed by atoms with Crippen molar-refractivity contribution in [3.8, 4) is 0 Å². The van der Waals surface area contributed by atoms with Crippen molar-refractivity contribution in [1.29, 1.82) is 0 Å². The first-order valence-electron chi connectivity index (χ1n) is 3.36. The smallest absolute Gasteiger partial charge is 0.184 e. The fraction of sp³-hybridized carbons (Fsp3) is 1.00. The van der Waals surface area contributed by atoms with Crippen molar-refractivity contribution in [3.05, 3.63) is 0 Å². The molecule has 5 heteroatoms. The van der Waals surface area contributed by atoms with Gasteiger partial charge in [0, 0.05) is 7.11 Å². The number of methoxy groups -OCH3 is 1. The van der Waals surface area contributed by atoms with Gasteiger partial charge in [-0.15, -0.1) is 0 Å². The fourth-order valence-corrected chi connectivity index (χ4v) is 1.12. The Hall–Kier alpha value is -0.200. The Morgan fingerprint density at radius 3 is 2.36 bits per heavy atom. The number of rotatable bonds is 2. The molecule has 5 nitrogen and oxygen atoms in total. The van der Waals surface area contributed by atoms with Crippen molar-refractivity contribution in [2.24, 2.45) is 0 Å². The minimum atomic E-state index is -1.15. The van der Waals surface area contributed by atoms with Crippen LogP contribution in [-0.2, 0) is 9.47 Å². The molecule has 11 heavy (non-hydrogen) atoms. The van der Waals surface area contributed by atoms with Gasteiger partial charge in [0.05, 0.1) is 6.61 Å². The molecule has 1 aliphatic heterocycles. The van der Waals surface area contributed by atoms with Gasteiger partial charge in [0.2, 0.25) is 0 Å². The first-order chi connectivity index (χ1) is 5.20. The second-order valence-corrected chi connectivity index (χ2v) is 2.44. The number of hydrogen-bond acceptors (Lipinski definition) is 5. The minimum Gasteiger partial charge on any atom is -0.394 e. The summed E-state index contributed by atoms with van der Waals surface area (Å²) < 4.78 is 9.49. The molecular formula is C6H12O5. The van der Waals surface area contributed by atoms with E-state index in [1.165, 1.54) is 7.11 Å². The maximum atomic E-state index is 9.25. The summed E-state index contributed by atoms with van der Waals surface area (Å²) in [4.78, 5) is 0. The molecule has 1 saturated heterocycles. The highest BCUT2D eigenvalue weighted by molar-refractivity contribution is 4.86. The predicted octanol–water partition coefficient (Wildman–Crippen LogP) is -1.93. The van der Waals surface area contributed by atoms with Crippen molar-refractivity contribution in [3.63, 3.8) is 0 Å². The fourth-order valence-electron chi connectivity index (χ4n) is 1.12. The van der Waals surface area contributed by atoms with E-state index in [4.69, 9.17) is 19.7 Å². The Balaban J connectivity index is 2.55. The van der Waals surface area contributed by atoms with Gasteiger partial charge in [-0.25, -0.2) is 0 Å². The van der Waals surface area contributed by atoms with Gasteiger partial charge in [-0.3, -0.25) is 0 Å². The lowest BCUT2D eigenvalue weighted by Gasteiger charge is -2.14. The zero-order valence-corrected chi connectivity index (χ0v) is 6.17. The monoisotopic (exact) mass is 164 g/mol. The zero-order chi connectivity index (χ0) is 8.43. The first kappa shape index (κ1) is 8.89. The molecule has 1 rings (SSSR count). The molecule has 0 radical (unpaired) electrons. The van der Waals surface area contributed by atoms with E-state index in [1.807, 2.05) is 0 Å². The molecule has 1 heterocycles. The van der Waals surface area contributed by atoms with Crippen molar-refractivity contribution in [1.82, 2.24) is 0 Å². The highest BCUT2D eigenvalue weighted by Gasteiger charge is 2.42. The van der Waals surface area contributed by atoms with Crippen LogP contribution in [0, 0.1) is 0 Å². The van der Waals surface area contributed by atoms with Crippen LogP contribution in [0.1, 0.15) is 0 Å². The van der Waals surface area contributed by atoms with Crippen LogP contribution in [0.15, 0.2) is 0 Å². The van der Waals surface area contributed by atoms with Crippen LogP contribution in [0.25, 0.3) is 0 Å². The second-order valence-electron chi connectivity index (χ2n) is 2.44. The number of aliphatic hydroxyl groups is 3. The molecule has 0 saturated carbocycles. The lowest BCUT2D eigenvalue weighted by Crippen LogP contribution is -2.35. The van der Waals surface area contributed by atoms with Crippen molar-refractivity contribution in [2.75, 3.05) is 13.7 Å². The van der Waals surface area contributed by atoms with E-state index in [0.717, 1.165) is 0 Å². The third-order valence-electron chi connectivity index (χ3n) is 1.76. The van der Waals surface area contributed by atoms with Crippen LogP contribution in [-0.4, -0.2) is 53.6 Å². The normalized spacial score (nSPS) is 44.7. The summed E-state index contributed by atoms with van der Waals surface area (Å²) in [7, 11) is 1.36. The number of hydrogen-bond donors (Lipinski definition) is 3. The van der Waals surface area contributed by atoms with E-state index in [0.29, 0.717) is 0 Å². The molecule has 0 aromatic rings. The average Bonchev–Trinajstić information content (AvgIpc) is 2.26.